The monoisotopic (exact) mass is 289 g/mol. The normalized spacial score (nSPS) is 28.2. The summed E-state index contributed by atoms with van der Waals surface area (Å²) in [5.41, 5.74) is 0. The lowest BCUT2D eigenvalue weighted by Crippen LogP contribution is -2.39. The summed E-state index contributed by atoms with van der Waals surface area (Å²) < 4.78 is 6.35. The fourth-order valence-electron chi connectivity index (χ4n) is 2.07. The Morgan fingerprint density at radius 3 is 2.60 bits per heavy atom. The van der Waals surface area contributed by atoms with Crippen LogP contribution in [0.3, 0.4) is 0 Å². The smallest absolute Gasteiger partial charge is 0.169 e. The van der Waals surface area contributed by atoms with E-state index >= 15 is 0 Å². The highest BCUT2D eigenvalue weighted by Crippen LogP contribution is 2.26. The van der Waals surface area contributed by atoms with Gasteiger partial charge < -0.3 is 4.42 Å². The van der Waals surface area contributed by atoms with Gasteiger partial charge in [0.2, 0.25) is 0 Å². The largest absolute Gasteiger partial charge is 0.453 e. The zero-order valence-corrected chi connectivity index (χ0v) is 11.5. The van der Waals surface area contributed by atoms with Gasteiger partial charge in [-0.25, -0.2) is 0 Å². The molecule has 2 heterocycles. The van der Waals surface area contributed by atoms with Crippen molar-refractivity contribution < 1.29 is 4.42 Å². The molecule has 1 aliphatic rings. The molecule has 1 aromatic heterocycles. The Morgan fingerprint density at radius 1 is 1.40 bits per heavy atom. The van der Waals surface area contributed by atoms with E-state index in [1.165, 1.54) is 0 Å². The van der Waals surface area contributed by atoms with Crippen molar-refractivity contribution in [1.29, 1.82) is 0 Å². The van der Waals surface area contributed by atoms with Gasteiger partial charge in [0.05, 0.1) is 6.54 Å². The van der Waals surface area contributed by atoms with E-state index in [0.29, 0.717) is 0 Å². The van der Waals surface area contributed by atoms with Crippen LogP contribution in [0.4, 0.5) is 0 Å². The number of furan rings is 1. The number of hydrogen-bond donors (Lipinski definition) is 0. The fraction of sp³-hybridized carbons (Fsp3) is 0.636. The van der Waals surface area contributed by atoms with Gasteiger partial charge >= 0.3 is 0 Å². The molecule has 0 amide bonds. The van der Waals surface area contributed by atoms with Crippen LogP contribution in [0.25, 0.3) is 0 Å². The summed E-state index contributed by atoms with van der Waals surface area (Å²) in [6.07, 6.45) is 0. The minimum Gasteiger partial charge on any atom is -0.453 e. The molecule has 2 rings (SSSR count). The molecule has 1 fully saturated rings. The van der Waals surface area contributed by atoms with Crippen LogP contribution in [0.15, 0.2) is 21.2 Å². The van der Waals surface area contributed by atoms with Gasteiger partial charge in [-0.05, 0) is 28.1 Å². The van der Waals surface area contributed by atoms with Crippen LogP contribution in [-0.2, 0) is 6.54 Å². The second kappa shape index (κ2) is 4.93. The van der Waals surface area contributed by atoms with Crippen molar-refractivity contribution in [3.8, 4) is 0 Å². The molecular weight excluding hydrogens is 274 g/mol. The van der Waals surface area contributed by atoms with Crippen molar-refractivity contribution in [2.75, 3.05) is 13.1 Å². The van der Waals surface area contributed by atoms with Crippen LogP contribution >= 0.6 is 27.7 Å². The highest BCUT2D eigenvalue weighted by atomic mass is 79.9. The van der Waals surface area contributed by atoms with Gasteiger partial charge in [0.15, 0.2) is 4.67 Å². The van der Waals surface area contributed by atoms with E-state index in [1.807, 2.05) is 12.1 Å². The quantitative estimate of drug-likeness (QED) is 0.831. The first-order chi connectivity index (χ1) is 7.13. The maximum Gasteiger partial charge on any atom is 0.169 e. The molecule has 84 valence electrons. The zero-order valence-electron chi connectivity index (χ0n) is 9.07. The van der Waals surface area contributed by atoms with E-state index in [9.17, 15) is 0 Å². The Hall–Kier alpha value is 0.0700. The molecule has 1 saturated heterocycles. The zero-order chi connectivity index (χ0) is 10.8. The predicted molar refractivity (Wildman–Crippen MR) is 68.2 cm³/mol. The molecule has 2 unspecified atom stereocenters. The number of thioether (sulfide) groups is 1. The Kier molecular flexibility index (Phi) is 3.80. The molecule has 0 aromatic carbocycles. The average Bonchev–Trinajstić information content (AvgIpc) is 2.49. The summed E-state index contributed by atoms with van der Waals surface area (Å²) in [5, 5.41) is 1.46. The van der Waals surface area contributed by atoms with E-state index in [1.54, 1.807) is 0 Å². The second-order valence-corrected chi connectivity index (χ2v) is 6.82. The number of rotatable bonds is 2. The lowest BCUT2D eigenvalue weighted by atomic mass is 10.3. The van der Waals surface area contributed by atoms with Crippen LogP contribution in [0.1, 0.15) is 19.6 Å². The Labute approximate surface area is 104 Å². The Bertz CT molecular complexity index is 318. The third-order valence-corrected chi connectivity index (χ3v) is 4.16. The van der Waals surface area contributed by atoms with Gasteiger partial charge in [0, 0.05) is 23.6 Å². The Balaban J connectivity index is 1.94. The van der Waals surface area contributed by atoms with E-state index in [4.69, 9.17) is 4.42 Å². The highest BCUT2D eigenvalue weighted by Gasteiger charge is 2.22. The summed E-state index contributed by atoms with van der Waals surface area (Å²) in [6, 6.07) is 4.00. The molecule has 0 radical (unpaired) electrons. The first-order valence-corrected chi connectivity index (χ1v) is 6.99. The third kappa shape index (κ3) is 3.26. The summed E-state index contributed by atoms with van der Waals surface area (Å²) in [6.45, 7) is 7.85. The van der Waals surface area contributed by atoms with E-state index in [0.717, 1.165) is 40.6 Å². The van der Waals surface area contributed by atoms with Crippen molar-refractivity contribution in [3.63, 3.8) is 0 Å². The molecule has 0 aliphatic carbocycles. The molecule has 2 atom stereocenters. The first-order valence-electron chi connectivity index (χ1n) is 5.25. The summed E-state index contributed by atoms with van der Waals surface area (Å²) in [5.74, 6) is 1.05. The number of halogens is 1. The van der Waals surface area contributed by atoms with Crippen molar-refractivity contribution in [2.45, 2.75) is 30.9 Å². The minimum absolute atomic E-state index is 0.729. The molecule has 0 bridgehead atoms. The molecule has 1 aromatic rings. The summed E-state index contributed by atoms with van der Waals surface area (Å²) >= 11 is 5.41. The maximum atomic E-state index is 5.52. The molecular formula is C11H16BrNOS. The van der Waals surface area contributed by atoms with Crippen LogP contribution in [-0.4, -0.2) is 28.5 Å². The number of nitrogens with zero attached hydrogens (tertiary/aromatic N) is 1. The molecule has 0 N–H and O–H groups in total. The van der Waals surface area contributed by atoms with Crippen molar-refractivity contribution in [1.82, 2.24) is 4.90 Å². The van der Waals surface area contributed by atoms with Crippen molar-refractivity contribution >= 4 is 27.7 Å². The lowest BCUT2D eigenvalue weighted by Gasteiger charge is -2.33. The van der Waals surface area contributed by atoms with Crippen molar-refractivity contribution in [3.05, 3.63) is 22.6 Å². The fourth-order valence-corrected chi connectivity index (χ4v) is 3.80. The number of hydrogen-bond acceptors (Lipinski definition) is 3. The van der Waals surface area contributed by atoms with Crippen LogP contribution in [0, 0.1) is 0 Å². The maximum absolute atomic E-state index is 5.52. The third-order valence-electron chi connectivity index (χ3n) is 2.50. The molecule has 1 aliphatic heterocycles. The van der Waals surface area contributed by atoms with Crippen LogP contribution < -0.4 is 0 Å². The van der Waals surface area contributed by atoms with Gasteiger partial charge in [-0.3, -0.25) is 4.90 Å². The van der Waals surface area contributed by atoms with E-state index in [-0.39, 0.29) is 0 Å². The molecule has 2 nitrogen and oxygen atoms in total. The molecule has 15 heavy (non-hydrogen) atoms. The van der Waals surface area contributed by atoms with Gasteiger partial charge in [-0.2, -0.15) is 11.8 Å². The van der Waals surface area contributed by atoms with Gasteiger partial charge in [-0.1, -0.05) is 13.8 Å². The molecule has 0 spiro atoms. The van der Waals surface area contributed by atoms with Crippen molar-refractivity contribution in [2.24, 2.45) is 0 Å². The van der Waals surface area contributed by atoms with Gasteiger partial charge in [0.1, 0.15) is 5.76 Å². The Morgan fingerprint density at radius 2 is 2.07 bits per heavy atom. The van der Waals surface area contributed by atoms with E-state index < -0.39 is 0 Å². The van der Waals surface area contributed by atoms with Gasteiger partial charge in [-0.15, -0.1) is 0 Å². The van der Waals surface area contributed by atoms with Crippen LogP contribution in [0.2, 0.25) is 0 Å². The highest BCUT2D eigenvalue weighted by molar-refractivity contribution is 9.10. The van der Waals surface area contributed by atoms with E-state index in [2.05, 4.69) is 46.4 Å². The topological polar surface area (TPSA) is 16.4 Å². The summed E-state index contributed by atoms with van der Waals surface area (Å²) in [4.78, 5) is 2.47. The summed E-state index contributed by atoms with van der Waals surface area (Å²) in [7, 11) is 0. The average molecular weight is 290 g/mol. The molecule has 4 heteroatoms. The standard InChI is InChI=1S/C11H16BrNOS/c1-8-5-13(6-9(2)15-8)7-10-3-4-11(12)14-10/h3-4,8-9H,5-7H2,1-2H3. The second-order valence-electron chi connectivity index (χ2n) is 4.16. The predicted octanol–water partition coefficient (Wildman–Crippen LogP) is 3.37. The SMILES string of the molecule is CC1CN(Cc2ccc(Br)o2)CC(C)S1. The van der Waals surface area contributed by atoms with Gasteiger partial charge in [0.25, 0.3) is 0 Å². The minimum atomic E-state index is 0.729. The van der Waals surface area contributed by atoms with Crippen LogP contribution in [0.5, 0.6) is 0 Å². The molecule has 0 saturated carbocycles. The first kappa shape index (κ1) is 11.6. The lowest BCUT2D eigenvalue weighted by molar-refractivity contribution is 0.240.